The van der Waals surface area contributed by atoms with Crippen LogP contribution in [0.25, 0.3) is 0 Å². The average Bonchev–Trinajstić information content (AvgIpc) is 2.78. The lowest BCUT2D eigenvalue weighted by molar-refractivity contribution is -0.389. The third-order valence-corrected chi connectivity index (χ3v) is 1.88. The highest BCUT2D eigenvalue weighted by Gasteiger charge is 2.14. The number of carbonyl (C=O) groups is 1. The summed E-state index contributed by atoms with van der Waals surface area (Å²) in [6.07, 6.45) is 0. The highest BCUT2D eigenvalue weighted by Crippen LogP contribution is 2.09. The fraction of sp³-hybridized carbons (Fsp3) is 0.444. The second kappa shape index (κ2) is 6.61. The molecule has 0 aliphatic rings. The van der Waals surface area contributed by atoms with Crippen LogP contribution in [-0.2, 0) is 4.74 Å². The normalized spacial score (nSPS) is 10.2. The minimum atomic E-state index is -0.610. The van der Waals surface area contributed by atoms with E-state index in [4.69, 9.17) is 9.84 Å². The van der Waals surface area contributed by atoms with Crippen molar-refractivity contribution in [2.75, 3.05) is 26.4 Å². The van der Waals surface area contributed by atoms with Crippen molar-refractivity contribution in [2.45, 2.75) is 0 Å². The second-order valence-electron chi connectivity index (χ2n) is 3.11. The Kier molecular flexibility index (Phi) is 5.11. The van der Waals surface area contributed by atoms with Crippen molar-refractivity contribution in [3.05, 3.63) is 27.9 Å². The molecule has 3 N–H and O–H groups in total. The maximum atomic E-state index is 11.4. The number of nitrogens with one attached hydrogen (secondary N) is 2. The van der Waals surface area contributed by atoms with E-state index in [1.165, 1.54) is 12.1 Å². The fourth-order valence-electron chi connectivity index (χ4n) is 1.12. The molecule has 0 aliphatic heterocycles. The van der Waals surface area contributed by atoms with Crippen LogP contribution in [0.1, 0.15) is 10.5 Å². The molecule has 8 heteroatoms. The number of hydrogen-bond donors (Lipinski definition) is 3. The molecule has 1 amide bonds. The fourth-order valence-corrected chi connectivity index (χ4v) is 1.12. The lowest BCUT2D eigenvalue weighted by Crippen LogP contribution is -2.27. The first kappa shape index (κ1) is 13.1. The lowest BCUT2D eigenvalue weighted by Gasteiger charge is -2.02. The molecule has 17 heavy (non-hydrogen) atoms. The Morgan fingerprint density at radius 2 is 2.29 bits per heavy atom. The van der Waals surface area contributed by atoms with E-state index in [1.807, 2.05) is 0 Å². The Hall–Kier alpha value is -1.93. The molecule has 0 aromatic carbocycles. The number of aromatic nitrogens is 1. The molecule has 0 saturated carbocycles. The molecule has 0 aliphatic carbocycles. The second-order valence-corrected chi connectivity index (χ2v) is 3.11. The van der Waals surface area contributed by atoms with Crippen molar-refractivity contribution < 1.29 is 19.6 Å². The summed E-state index contributed by atoms with van der Waals surface area (Å²) in [5.41, 5.74) is 0.124. The molecular weight excluding hydrogens is 230 g/mol. The summed E-state index contributed by atoms with van der Waals surface area (Å²) in [4.78, 5) is 23.6. The quantitative estimate of drug-likeness (QED) is 0.344. The van der Waals surface area contributed by atoms with Crippen molar-refractivity contribution in [1.29, 1.82) is 0 Å². The molecule has 0 fully saturated rings. The summed E-state index contributed by atoms with van der Waals surface area (Å²) in [6, 6.07) is 2.55. The van der Waals surface area contributed by atoms with E-state index < -0.39 is 10.8 Å². The van der Waals surface area contributed by atoms with Crippen LogP contribution in [0.2, 0.25) is 0 Å². The maximum Gasteiger partial charge on any atom is 0.321 e. The van der Waals surface area contributed by atoms with Gasteiger partial charge in [-0.05, 0) is 11.0 Å². The van der Waals surface area contributed by atoms with Crippen molar-refractivity contribution >= 4 is 11.7 Å². The first-order valence-corrected chi connectivity index (χ1v) is 4.95. The van der Waals surface area contributed by atoms with Crippen molar-refractivity contribution in [3.8, 4) is 0 Å². The molecule has 0 bridgehead atoms. The Morgan fingerprint density at radius 1 is 1.53 bits per heavy atom. The molecule has 0 spiro atoms. The van der Waals surface area contributed by atoms with Gasteiger partial charge in [0.05, 0.1) is 19.8 Å². The van der Waals surface area contributed by atoms with E-state index >= 15 is 0 Å². The number of rotatable bonds is 7. The average molecular weight is 243 g/mol. The minimum Gasteiger partial charge on any atom is -0.394 e. The molecule has 0 atom stereocenters. The molecule has 1 aromatic rings. The van der Waals surface area contributed by atoms with Crippen LogP contribution in [0.4, 0.5) is 5.82 Å². The number of nitrogens with zero attached hydrogens (tertiary/aromatic N) is 1. The van der Waals surface area contributed by atoms with Crippen LogP contribution < -0.4 is 5.32 Å². The Morgan fingerprint density at radius 3 is 2.88 bits per heavy atom. The Balaban J connectivity index is 2.34. The summed E-state index contributed by atoms with van der Waals surface area (Å²) in [6.45, 7) is 0.682. The number of carbonyl (C=O) groups excluding carboxylic acids is 1. The van der Waals surface area contributed by atoms with Gasteiger partial charge in [0.25, 0.3) is 5.91 Å². The third-order valence-electron chi connectivity index (χ3n) is 1.88. The standard InChI is InChI=1S/C9H13N3O5/c13-4-6-17-5-3-10-9(14)7-1-2-8(11-7)12(15)16/h1-2,11,13H,3-6H2,(H,10,14). The van der Waals surface area contributed by atoms with Gasteiger partial charge in [0.2, 0.25) is 0 Å². The summed E-state index contributed by atoms with van der Waals surface area (Å²) in [7, 11) is 0. The summed E-state index contributed by atoms with van der Waals surface area (Å²) < 4.78 is 4.93. The van der Waals surface area contributed by atoms with Gasteiger partial charge in [-0.2, -0.15) is 0 Å². The van der Waals surface area contributed by atoms with Crippen LogP contribution in [0.5, 0.6) is 0 Å². The number of nitro groups is 1. The van der Waals surface area contributed by atoms with Crippen LogP contribution in [0.15, 0.2) is 12.1 Å². The number of H-pyrrole nitrogens is 1. The van der Waals surface area contributed by atoms with Gasteiger partial charge in [-0.15, -0.1) is 0 Å². The predicted molar refractivity (Wildman–Crippen MR) is 57.7 cm³/mol. The molecular formula is C9H13N3O5. The minimum absolute atomic E-state index is 0.0726. The largest absolute Gasteiger partial charge is 0.394 e. The molecule has 1 rings (SSSR count). The van der Waals surface area contributed by atoms with Crippen LogP contribution in [-0.4, -0.2) is 47.3 Å². The van der Waals surface area contributed by atoms with Crippen molar-refractivity contribution in [3.63, 3.8) is 0 Å². The van der Waals surface area contributed by atoms with E-state index in [0.29, 0.717) is 0 Å². The van der Waals surface area contributed by atoms with Gasteiger partial charge in [0.1, 0.15) is 0 Å². The number of hydrogen-bond acceptors (Lipinski definition) is 5. The van der Waals surface area contributed by atoms with E-state index in [0.717, 1.165) is 0 Å². The monoisotopic (exact) mass is 243 g/mol. The predicted octanol–water partition coefficient (Wildman–Crippen LogP) is -0.338. The summed E-state index contributed by atoms with van der Waals surface area (Å²) in [5.74, 6) is -0.669. The van der Waals surface area contributed by atoms with Gasteiger partial charge >= 0.3 is 5.82 Å². The zero-order valence-corrected chi connectivity index (χ0v) is 9.01. The molecule has 94 valence electrons. The third kappa shape index (κ3) is 4.21. The van der Waals surface area contributed by atoms with Crippen LogP contribution in [0.3, 0.4) is 0 Å². The van der Waals surface area contributed by atoms with Gasteiger partial charge < -0.3 is 25.3 Å². The zero-order chi connectivity index (χ0) is 12.7. The number of aliphatic hydroxyl groups is 1. The number of aliphatic hydroxyl groups excluding tert-OH is 1. The number of ether oxygens (including phenoxy) is 1. The Labute approximate surface area is 96.7 Å². The molecule has 0 radical (unpaired) electrons. The van der Waals surface area contributed by atoms with E-state index in [1.54, 1.807) is 0 Å². The van der Waals surface area contributed by atoms with E-state index in [2.05, 4.69) is 10.3 Å². The van der Waals surface area contributed by atoms with Gasteiger partial charge in [-0.25, -0.2) is 4.98 Å². The van der Waals surface area contributed by atoms with E-state index in [-0.39, 0.29) is 37.9 Å². The molecule has 1 aromatic heterocycles. The van der Waals surface area contributed by atoms with Gasteiger partial charge in [0.15, 0.2) is 5.69 Å². The topological polar surface area (TPSA) is 117 Å². The van der Waals surface area contributed by atoms with E-state index in [9.17, 15) is 14.9 Å². The van der Waals surface area contributed by atoms with Gasteiger partial charge in [-0.1, -0.05) is 0 Å². The SMILES string of the molecule is O=C(NCCOCCO)c1ccc([N+](=O)[O-])[nH]1. The molecule has 0 unspecified atom stereocenters. The highest BCUT2D eigenvalue weighted by molar-refractivity contribution is 5.92. The summed E-state index contributed by atoms with van der Waals surface area (Å²) in [5, 5.41) is 21.3. The lowest BCUT2D eigenvalue weighted by atomic mass is 10.4. The molecule has 0 saturated heterocycles. The van der Waals surface area contributed by atoms with Crippen molar-refractivity contribution in [2.24, 2.45) is 0 Å². The Bertz CT molecular complexity index is 390. The van der Waals surface area contributed by atoms with Gasteiger partial charge in [0, 0.05) is 12.6 Å². The zero-order valence-electron chi connectivity index (χ0n) is 9.01. The summed E-state index contributed by atoms with van der Waals surface area (Å²) >= 11 is 0. The number of amides is 1. The van der Waals surface area contributed by atoms with Gasteiger partial charge in [-0.3, -0.25) is 4.79 Å². The van der Waals surface area contributed by atoms with Crippen molar-refractivity contribution in [1.82, 2.24) is 10.3 Å². The van der Waals surface area contributed by atoms with Crippen LogP contribution >= 0.6 is 0 Å². The first-order valence-electron chi connectivity index (χ1n) is 4.95. The van der Waals surface area contributed by atoms with Crippen LogP contribution in [0, 0.1) is 10.1 Å². The molecule has 8 nitrogen and oxygen atoms in total. The maximum absolute atomic E-state index is 11.4. The highest BCUT2D eigenvalue weighted by atomic mass is 16.6. The number of aromatic amines is 1. The first-order chi connectivity index (χ1) is 8.15. The smallest absolute Gasteiger partial charge is 0.321 e. The molecule has 1 heterocycles.